The molecule has 0 N–H and O–H groups in total. The number of allylic oxidation sites excluding steroid dienone is 5. The first-order valence-corrected chi connectivity index (χ1v) is 7.35. The first-order chi connectivity index (χ1) is 7.83. The molecule has 0 aromatic carbocycles. The normalized spacial score (nSPS) is 16.5. The standard InChI is InChI=1S/C15H27BS/c1-7-9-14(8-2)10-11-15(6,16)13(5)17-12(3)4/h7-9,12H,5,10-11,16H2,1-4,6H3/b9-7-,14-8+. The van der Waals surface area contributed by atoms with Gasteiger partial charge in [-0.3, -0.25) is 0 Å². The Morgan fingerprint density at radius 1 is 1.41 bits per heavy atom. The molecular weight excluding hydrogens is 223 g/mol. The Bertz CT molecular complexity index is 298. The third kappa shape index (κ3) is 6.83. The van der Waals surface area contributed by atoms with E-state index in [1.54, 1.807) is 0 Å². The molecule has 0 saturated heterocycles. The molecule has 1 atom stereocenters. The fourth-order valence-corrected chi connectivity index (χ4v) is 2.57. The lowest BCUT2D eigenvalue weighted by atomic mass is 9.67. The van der Waals surface area contributed by atoms with Gasteiger partial charge in [-0.2, -0.15) is 0 Å². The van der Waals surface area contributed by atoms with Crippen molar-refractivity contribution in [3.8, 4) is 0 Å². The summed E-state index contributed by atoms with van der Waals surface area (Å²) >= 11 is 1.90. The average Bonchev–Trinajstić information content (AvgIpc) is 2.23. The molecule has 0 aromatic heterocycles. The monoisotopic (exact) mass is 250 g/mol. The molecule has 0 radical (unpaired) electrons. The summed E-state index contributed by atoms with van der Waals surface area (Å²) in [5.74, 6) is 0. The molecule has 0 saturated carbocycles. The maximum Gasteiger partial charge on any atom is 0.115 e. The summed E-state index contributed by atoms with van der Waals surface area (Å²) in [6.45, 7) is 15.2. The molecule has 0 aliphatic carbocycles. The van der Waals surface area contributed by atoms with Gasteiger partial charge in [-0.05, 0) is 36.9 Å². The first-order valence-electron chi connectivity index (χ1n) is 6.47. The predicted molar refractivity (Wildman–Crippen MR) is 86.6 cm³/mol. The molecular formula is C15H27BS. The van der Waals surface area contributed by atoms with Gasteiger partial charge >= 0.3 is 0 Å². The maximum atomic E-state index is 4.24. The van der Waals surface area contributed by atoms with Gasteiger partial charge in [-0.25, -0.2) is 0 Å². The van der Waals surface area contributed by atoms with Gasteiger partial charge in [0.1, 0.15) is 7.85 Å². The van der Waals surface area contributed by atoms with E-state index in [1.165, 1.54) is 10.5 Å². The summed E-state index contributed by atoms with van der Waals surface area (Å²) in [6, 6.07) is 0. The second kappa shape index (κ2) is 7.86. The van der Waals surface area contributed by atoms with E-state index >= 15 is 0 Å². The first kappa shape index (κ1) is 16.6. The molecule has 0 rings (SSSR count). The van der Waals surface area contributed by atoms with Crippen LogP contribution in [0.3, 0.4) is 0 Å². The van der Waals surface area contributed by atoms with Crippen LogP contribution in [0.25, 0.3) is 0 Å². The Hall–Kier alpha value is -0.365. The van der Waals surface area contributed by atoms with Crippen LogP contribution in [0.4, 0.5) is 0 Å². The summed E-state index contributed by atoms with van der Waals surface area (Å²) in [7, 11) is 2.30. The smallest absolute Gasteiger partial charge is 0.115 e. The van der Waals surface area contributed by atoms with Crippen molar-refractivity contribution in [3.63, 3.8) is 0 Å². The van der Waals surface area contributed by atoms with E-state index in [0.29, 0.717) is 5.25 Å². The summed E-state index contributed by atoms with van der Waals surface area (Å²) in [4.78, 5) is 1.31. The van der Waals surface area contributed by atoms with Crippen molar-refractivity contribution in [1.29, 1.82) is 0 Å². The Balaban J connectivity index is 4.40. The zero-order valence-corrected chi connectivity index (χ0v) is 13.2. The minimum absolute atomic E-state index is 0.213. The lowest BCUT2D eigenvalue weighted by molar-refractivity contribution is 0.665. The molecule has 17 heavy (non-hydrogen) atoms. The Labute approximate surface area is 113 Å². The molecule has 0 spiro atoms. The molecule has 1 unspecified atom stereocenters. The highest BCUT2D eigenvalue weighted by atomic mass is 32.2. The fourth-order valence-electron chi connectivity index (χ4n) is 1.58. The summed E-state index contributed by atoms with van der Waals surface area (Å²) in [6.07, 6.45) is 8.81. The Kier molecular flexibility index (Phi) is 7.70. The lowest BCUT2D eigenvalue weighted by Gasteiger charge is -2.28. The van der Waals surface area contributed by atoms with E-state index < -0.39 is 0 Å². The molecule has 0 amide bonds. The molecule has 0 heterocycles. The topological polar surface area (TPSA) is 0 Å². The molecule has 0 fully saturated rings. The van der Waals surface area contributed by atoms with Gasteiger partial charge in [0, 0.05) is 5.25 Å². The highest BCUT2D eigenvalue weighted by molar-refractivity contribution is 8.03. The molecule has 0 aliphatic rings. The van der Waals surface area contributed by atoms with Gasteiger partial charge in [0.15, 0.2) is 0 Å². The van der Waals surface area contributed by atoms with Crippen molar-refractivity contribution < 1.29 is 0 Å². The van der Waals surface area contributed by atoms with Crippen molar-refractivity contribution in [2.75, 3.05) is 0 Å². The number of hydrogen-bond acceptors (Lipinski definition) is 1. The van der Waals surface area contributed by atoms with Crippen LogP contribution in [-0.4, -0.2) is 13.1 Å². The van der Waals surface area contributed by atoms with Crippen LogP contribution in [-0.2, 0) is 0 Å². The predicted octanol–water partition coefficient (Wildman–Crippen LogP) is 4.76. The van der Waals surface area contributed by atoms with Crippen LogP contribution in [0, 0.1) is 0 Å². The molecule has 0 aliphatic heterocycles. The summed E-state index contributed by atoms with van der Waals surface area (Å²) < 4.78 is 0. The van der Waals surface area contributed by atoms with E-state index in [4.69, 9.17) is 0 Å². The Morgan fingerprint density at radius 2 is 2.00 bits per heavy atom. The Morgan fingerprint density at radius 3 is 2.41 bits per heavy atom. The van der Waals surface area contributed by atoms with Gasteiger partial charge in [-0.1, -0.05) is 51.2 Å². The highest BCUT2D eigenvalue weighted by Gasteiger charge is 2.22. The fraction of sp³-hybridized carbons (Fsp3) is 0.600. The molecule has 0 nitrogen and oxygen atoms in total. The van der Waals surface area contributed by atoms with Gasteiger partial charge in [-0.15, -0.1) is 11.8 Å². The molecule has 2 heteroatoms. The zero-order chi connectivity index (χ0) is 13.5. The van der Waals surface area contributed by atoms with E-state index in [9.17, 15) is 0 Å². The van der Waals surface area contributed by atoms with Gasteiger partial charge in [0.2, 0.25) is 0 Å². The van der Waals surface area contributed by atoms with Gasteiger partial charge < -0.3 is 0 Å². The van der Waals surface area contributed by atoms with Crippen molar-refractivity contribution in [1.82, 2.24) is 0 Å². The minimum Gasteiger partial charge on any atom is -0.129 e. The van der Waals surface area contributed by atoms with Crippen LogP contribution in [0.1, 0.15) is 47.5 Å². The van der Waals surface area contributed by atoms with Crippen molar-refractivity contribution >= 4 is 19.6 Å². The van der Waals surface area contributed by atoms with E-state index in [0.717, 1.165) is 12.8 Å². The van der Waals surface area contributed by atoms with E-state index in [1.807, 2.05) is 11.8 Å². The highest BCUT2D eigenvalue weighted by Crippen LogP contribution is 2.43. The third-order valence-electron chi connectivity index (χ3n) is 2.92. The summed E-state index contributed by atoms with van der Waals surface area (Å²) in [5, 5.41) is 0.837. The summed E-state index contributed by atoms with van der Waals surface area (Å²) in [5.41, 5.74) is 1.42. The largest absolute Gasteiger partial charge is 0.129 e. The second-order valence-electron chi connectivity index (χ2n) is 5.34. The molecule has 0 bridgehead atoms. The lowest BCUT2D eigenvalue weighted by Crippen LogP contribution is -2.10. The number of thioether (sulfide) groups is 1. The van der Waals surface area contributed by atoms with Gasteiger partial charge in [0.05, 0.1) is 0 Å². The molecule has 96 valence electrons. The van der Waals surface area contributed by atoms with Crippen LogP contribution >= 0.6 is 11.8 Å². The van der Waals surface area contributed by atoms with Crippen molar-refractivity contribution in [2.45, 2.75) is 58.0 Å². The second-order valence-corrected chi connectivity index (χ2v) is 7.01. The minimum atomic E-state index is 0.213. The van der Waals surface area contributed by atoms with E-state index in [-0.39, 0.29) is 5.31 Å². The van der Waals surface area contributed by atoms with Gasteiger partial charge in [0.25, 0.3) is 0 Å². The van der Waals surface area contributed by atoms with Crippen LogP contribution < -0.4 is 0 Å². The number of hydrogen-bond donors (Lipinski definition) is 0. The SMILES string of the molecule is BC(C)(CCC(/C=C\C)=C/C)C(=C)SC(C)C. The van der Waals surface area contributed by atoms with Crippen LogP contribution in [0.5, 0.6) is 0 Å². The van der Waals surface area contributed by atoms with Crippen molar-refractivity contribution in [2.24, 2.45) is 0 Å². The number of rotatable bonds is 7. The van der Waals surface area contributed by atoms with Crippen LogP contribution in [0.15, 0.2) is 35.3 Å². The maximum absolute atomic E-state index is 4.24. The molecule has 0 aromatic rings. The third-order valence-corrected chi connectivity index (χ3v) is 4.23. The van der Waals surface area contributed by atoms with Crippen molar-refractivity contribution in [3.05, 3.63) is 35.3 Å². The average molecular weight is 250 g/mol. The zero-order valence-electron chi connectivity index (χ0n) is 12.3. The van der Waals surface area contributed by atoms with E-state index in [2.05, 4.69) is 67.3 Å². The van der Waals surface area contributed by atoms with Crippen LogP contribution in [0.2, 0.25) is 5.31 Å². The quantitative estimate of drug-likeness (QED) is 0.464.